The van der Waals surface area contributed by atoms with E-state index in [2.05, 4.69) is 12.2 Å². The molecule has 0 bridgehead atoms. The Morgan fingerprint density at radius 3 is 2.40 bits per heavy atom. The molecule has 1 saturated carbocycles. The number of nitrogens with zero attached hydrogens (tertiary/aromatic N) is 1. The van der Waals surface area contributed by atoms with Gasteiger partial charge in [0.2, 0.25) is 0 Å². The Kier molecular flexibility index (Phi) is 6.73. The lowest BCUT2D eigenvalue weighted by atomic mass is 9.87. The molecular weight excluding hydrogens is 328 g/mol. The molecular formula is C17H22N2O6. The van der Waals surface area contributed by atoms with Gasteiger partial charge in [-0.25, -0.2) is 4.79 Å². The molecule has 1 aromatic rings. The average Bonchev–Trinajstić information content (AvgIpc) is 2.60. The van der Waals surface area contributed by atoms with Gasteiger partial charge < -0.3 is 14.8 Å². The van der Waals surface area contributed by atoms with Crippen molar-refractivity contribution in [3.8, 4) is 5.75 Å². The first-order valence-corrected chi connectivity index (χ1v) is 8.26. The lowest BCUT2D eigenvalue weighted by Crippen LogP contribution is -2.39. The molecule has 0 unspecified atom stereocenters. The summed E-state index contributed by atoms with van der Waals surface area (Å²) in [6, 6.07) is 5.49. The zero-order chi connectivity index (χ0) is 18.2. The molecule has 1 aliphatic rings. The van der Waals surface area contributed by atoms with Gasteiger partial charge in [-0.1, -0.05) is 6.92 Å². The summed E-state index contributed by atoms with van der Waals surface area (Å²) in [7, 11) is 0. The van der Waals surface area contributed by atoms with Gasteiger partial charge in [-0.3, -0.25) is 14.9 Å². The van der Waals surface area contributed by atoms with Gasteiger partial charge >= 0.3 is 5.97 Å². The van der Waals surface area contributed by atoms with E-state index in [9.17, 15) is 19.7 Å². The highest BCUT2D eigenvalue weighted by atomic mass is 16.6. The Hall–Kier alpha value is -2.64. The third kappa shape index (κ3) is 6.40. The Labute approximate surface area is 145 Å². The maximum Gasteiger partial charge on any atom is 0.344 e. The monoisotopic (exact) mass is 350 g/mol. The maximum absolute atomic E-state index is 11.8. The number of amides is 1. The van der Waals surface area contributed by atoms with Crippen LogP contribution in [0.4, 0.5) is 5.69 Å². The molecule has 1 amide bonds. The van der Waals surface area contributed by atoms with E-state index < -0.39 is 10.9 Å². The summed E-state index contributed by atoms with van der Waals surface area (Å²) in [6.07, 6.45) is 4.08. The minimum atomic E-state index is -0.675. The normalized spacial score (nSPS) is 19.7. The predicted molar refractivity (Wildman–Crippen MR) is 89.1 cm³/mol. The topological polar surface area (TPSA) is 108 Å². The maximum atomic E-state index is 11.8. The van der Waals surface area contributed by atoms with E-state index in [0.717, 1.165) is 25.7 Å². The van der Waals surface area contributed by atoms with Crippen molar-refractivity contribution in [3.63, 3.8) is 0 Å². The third-order valence-electron chi connectivity index (χ3n) is 4.15. The van der Waals surface area contributed by atoms with Crippen LogP contribution in [-0.4, -0.2) is 36.1 Å². The number of hydrogen-bond donors (Lipinski definition) is 1. The van der Waals surface area contributed by atoms with E-state index >= 15 is 0 Å². The minimum absolute atomic E-state index is 0.0660. The number of ether oxygens (including phenoxy) is 2. The van der Waals surface area contributed by atoms with Gasteiger partial charge in [0.1, 0.15) is 5.75 Å². The molecule has 1 aromatic carbocycles. The van der Waals surface area contributed by atoms with Crippen molar-refractivity contribution in [2.75, 3.05) is 13.2 Å². The van der Waals surface area contributed by atoms with E-state index in [1.54, 1.807) is 0 Å². The molecule has 0 saturated heterocycles. The van der Waals surface area contributed by atoms with Crippen molar-refractivity contribution in [2.24, 2.45) is 5.92 Å². The number of hydrogen-bond acceptors (Lipinski definition) is 6. The zero-order valence-electron chi connectivity index (χ0n) is 14.1. The molecule has 25 heavy (non-hydrogen) atoms. The predicted octanol–water partition coefficient (Wildman–Crippen LogP) is 2.21. The van der Waals surface area contributed by atoms with Gasteiger partial charge in [0.15, 0.2) is 13.2 Å². The van der Waals surface area contributed by atoms with Gasteiger partial charge in [0.05, 0.1) is 4.92 Å². The number of carbonyl (C=O) groups excluding carboxylic acids is 2. The number of carbonyl (C=O) groups is 2. The van der Waals surface area contributed by atoms with E-state index in [1.165, 1.54) is 24.3 Å². The fourth-order valence-electron chi connectivity index (χ4n) is 2.67. The fourth-order valence-corrected chi connectivity index (χ4v) is 2.67. The summed E-state index contributed by atoms with van der Waals surface area (Å²) in [5.74, 6) is 0.0138. The molecule has 8 nitrogen and oxygen atoms in total. The summed E-state index contributed by atoms with van der Waals surface area (Å²) < 4.78 is 10.0. The zero-order valence-corrected chi connectivity index (χ0v) is 14.1. The van der Waals surface area contributed by atoms with Crippen LogP contribution in [0, 0.1) is 16.0 Å². The van der Waals surface area contributed by atoms with Gasteiger partial charge in [0, 0.05) is 18.2 Å². The van der Waals surface area contributed by atoms with Crippen molar-refractivity contribution < 1.29 is 24.0 Å². The minimum Gasteiger partial charge on any atom is -0.482 e. The molecule has 0 aromatic heterocycles. The van der Waals surface area contributed by atoms with Crippen LogP contribution >= 0.6 is 0 Å². The summed E-state index contributed by atoms with van der Waals surface area (Å²) in [5, 5.41) is 13.4. The number of esters is 1. The number of non-ortho nitro benzene ring substituents is 1. The number of rotatable bonds is 7. The standard InChI is InChI=1S/C17H22N2O6/c1-12-2-4-13(5-3-12)18-16(20)10-25-17(21)11-24-15-8-6-14(7-9-15)19(22)23/h6-9,12-13H,2-5,10-11H2,1H3,(H,18,20). The largest absolute Gasteiger partial charge is 0.482 e. The first-order valence-electron chi connectivity index (χ1n) is 8.26. The highest BCUT2D eigenvalue weighted by Crippen LogP contribution is 2.23. The van der Waals surface area contributed by atoms with Gasteiger partial charge in [0.25, 0.3) is 11.6 Å². The van der Waals surface area contributed by atoms with Crippen molar-refractivity contribution in [1.82, 2.24) is 5.32 Å². The van der Waals surface area contributed by atoms with Crippen LogP contribution in [0.25, 0.3) is 0 Å². The van der Waals surface area contributed by atoms with E-state index in [4.69, 9.17) is 9.47 Å². The smallest absolute Gasteiger partial charge is 0.344 e. The number of nitro benzene ring substituents is 1. The third-order valence-corrected chi connectivity index (χ3v) is 4.15. The van der Waals surface area contributed by atoms with Crippen molar-refractivity contribution in [3.05, 3.63) is 34.4 Å². The first-order chi connectivity index (χ1) is 11.9. The summed E-state index contributed by atoms with van der Waals surface area (Å²) >= 11 is 0. The Morgan fingerprint density at radius 1 is 1.16 bits per heavy atom. The molecule has 0 heterocycles. The van der Waals surface area contributed by atoms with E-state index in [0.29, 0.717) is 11.7 Å². The fraction of sp³-hybridized carbons (Fsp3) is 0.529. The number of nitro groups is 1. The van der Waals surface area contributed by atoms with Gasteiger partial charge in [-0.2, -0.15) is 0 Å². The molecule has 1 aliphatic carbocycles. The molecule has 2 rings (SSSR count). The average molecular weight is 350 g/mol. The second-order valence-corrected chi connectivity index (χ2v) is 6.22. The Balaban J connectivity index is 1.64. The Bertz CT molecular complexity index is 608. The van der Waals surface area contributed by atoms with E-state index in [-0.39, 0.29) is 30.9 Å². The van der Waals surface area contributed by atoms with Crippen LogP contribution in [0.5, 0.6) is 5.75 Å². The molecule has 136 valence electrons. The number of nitrogens with one attached hydrogen (secondary N) is 1. The molecule has 0 radical (unpaired) electrons. The summed E-state index contributed by atoms with van der Waals surface area (Å²) in [5.41, 5.74) is -0.0660. The van der Waals surface area contributed by atoms with Crippen molar-refractivity contribution in [1.29, 1.82) is 0 Å². The molecule has 0 spiro atoms. The molecule has 1 fully saturated rings. The van der Waals surface area contributed by atoms with Gasteiger partial charge in [-0.05, 0) is 43.7 Å². The highest BCUT2D eigenvalue weighted by molar-refractivity contribution is 5.81. The first kappa shape index (κ1) is 18.7. The molecule has 0 aliphatic heterocycles. The number of benzene rings is 1. The SMILES string of the molecule is CC1CCC(NC(=O)COC(=O)COc2ccc([N+](=O)[O-])cc2)CC1. The Morgan fingerprint density at radius 2 is 1.80 bits per heavy atom. The second kappa shape index (κ2) is 9.00. The quantitative estimate of drug-likeness (QED) is 0.459. The van der Waals surface area contributed by atoms with Crippen molar-refractivity contribution in [2.45, 2.75) is 38.6 Å². The van der Waals surface area contributed by atoms with Gasteiger partial charge in [-0.15, -0.1) is 0 Å². The van der Waals surface area contributed by atoms with E-state index in [1.807, 2.05) is 0 Å². The molecule has 0 atom stereocenters. The lowest BCUT2D eigenvalue weighted by Gasteiger charge is -2.26. The van der Waals surface area contributed by atoms with Crippen molar-refractivity contribution >= 4 is 17.6 Å². The summed E-state index contributed by atoms with van der Waals surface area (Å²) in [4.78, 5) is 33.4. The molecule has 8 heteroatoms. The van der Waals surface area contributed by atoms with Crippen LogP contribution in [-0.2, 0) is 14.3 Å². The van der Waals surface area contributed by atoms with Crippen LogP contribution in [0.15, 0.2) is 24.3 Å². The molecule has 1 N–H and O–H groups in total. The van der Waals surface area contributed by atoms with Crippen LogP contribution in [0.3, 0.4) is 0 Å². The highest BCUT2D eigenvalue weighted by Gasteiger charge is 2.20. The van der Waals surface area contributed by atoms with Crippen LogP contribution < -0.4 is 10.1 Å². The second-order valence-electron chi connectivity index (χ2n) is 6.22. The summed E-state index contributed by atoms with van der Waals surface area (Å²) in [6.45, 7) is 1.49. The lowest BCUT2D eigenvalue weighted by molar-refractivity contribution is -0.384. The van der Waals surface area contributed by atoms with Crippen LogP contribution in [0.2, 0.25) is 0 Å². The van der Waals surface area contributed by atoms with Crippen LogP contribution in [0.1, 0.15) is 32.6 Å².